The average Bonchev–Trinajstić information content (AvgIpc) is 2.96. The van der Waals surface area contributed by atoms with Crippen LogP contribution in [-0.2, 0) is 4.74 Å². The second-order valence-corrected chi connectivity index (χ2v) is 5.91. The van der Waals surface area contributed by atoms with Crippen molar-refractivity contribution in [3.63, 3.8) is 0 Å². The molecule has 2 heterocycles. The molecular weight excluding hydrogens is 289 g/mol. The average molecular weight is 309 g/mol. The van der Waals surface area contributed by atoms with Crippen LogP contribution >= 0.6 is 0 Å². The first-order chi connectivity index (χ1) is 10.6. The summed E-state index contributed by atoms with van der Waals surface area (Å²) in [5.41, 5.74) is 0.264. The predicted molar refractivity (Wildman–Crippen MR) is 80.6 cm³/mol. The SMILES string of the molecule is O=[N+]([O-])c1ccc(N2CC[C@H](CN3CCOCC3)C2)c(F)c1. The van der Waals surface area contributed by atoms with Crippen LogP contribution in [0.15, 0.2) is 18.2 Å². The maximum Gasteiger partial charge on any atom is 0.272 e. The summed E-state index contributed by atoms with van der Waals surface area (Å²) in [5, 5.41) is 10.7. The molecule has 0 unspecified atom stereocenters. The van der Waals surface area contributed by atoms with E-state index in [1.165, 1.54) is 12.1 Å². The van der Waals surface area contributed by atoms with Crippen molar-refractivity contribution in [1.29, 1.82) is 0 Å². The standard InChI is InChI=1S/C15H20FN3O3/c16-14-9-13(19(20)21)1-2-15(14)18-4-3-12(11-18)10-17-5-7-22-8-6-17/h1-2,9,12H,3-8,10-11H2/t12-/m1/s1. The first kappa shape index (κ1) is 15.2. The Bertz CT molecular complexity index is 549. The van der Waals surface area contributed by atoms with Gasteiger partial charge in [-0.2, -0.15) is 0 Å². The van der Waals surface area contributed by atoms with E-state index in [1.807, 2.05) is 4.90 Å². The summed E-state index contributed by atoms with van der Waals surface area (Å²) in [6, 6.07) is 3.89. The minimum absolute atomic E-state index is 0.203. The summed E-state index contributed by atoms with van der Waals surface area (Å²) >= 11 is 0. The second kappa shape index (κ2) is 6.58. The van der Waals surface area contributed by atoms with E-state index in [1.54, 1.807) is 0 Å². The van der Waals surface area contributed by atoms with Crippen molar-refractivity contribution in [2.24, 2.45) is 5.92 Å². The van der Waals surface area contributed by atoms with Gasteiger partial charge in [-0.3, -0.25) is 15.0 Å². The fourth-order valence-electron chi connectivity index (χ4n) is 3.22. The quantitative estimate of drug-likeness (QED) is 0.628. The molecule has 22 heavy (non-hydrogen) atoms. The number of nitrogens with zero attached hydrogens (tertiary/aromatic N) is 3. The Morgan fingerprint density at radius 3 is 2.77 bits per heavy atom. The first-order valence-corrected chi connectivity index (χ1v) is 7.62. The van der Waals surface area contributed by atoms with Crippen LogP contribution in [0, 0.1) is 21.8 Å². The van der Waals surface area contributed by atoms with Crippen molar-refractivity contribution in [3.8, 4) is 0 Å². The predicted octanol–water partition coefficient (Wildman–Crippen LogP) is 1.89. The molecule has 0 aliphatic carbocycles. The minimum Gasteiger partial charge on any atom is -0.379 e. The van der Waals surface area contributed by atoms with Gasteiger partial charge in [-0.15, -0.1) is 0 Å². The highest BCUT2D eigenvalue weighted by Crippen LogP contribution is 2.29. The van der Waals surface area contributed by atoms with E-state index in [0.717, 1.165) is 58.4 Å². The lowest BCUT2D eigenvalue weighted by atomic mass is 10.1. The second-order valence-electron chi connectivity index (χ2n) is 5.91. The van der Waals surface area contributed by atoms with Crippen molar-refractivity contribution < 1.29 is 14.1 Å². The Morgan fingerprint density at radius 1 is 1.32 bits per heavy atom. The van der Waals surface area contributed by atoms with Crippen LogP contribution in [0.2, 0.25) is 0 Å². The van der Waals surface area contributed by atoms with Crippen LogP contribution in [0.5, 0.6) is 0 Å². The Balaban J connectivity index is 1.61. The van der Waals surface area contributed by atoms with E-state index in [2.05, 4.69) is 4.90 Å². The van der Waals surface area contributed by atoms with Crippen molar-refractivity contribution in [3.05, 3.63) is 34.1 Å². The molecule has 6 nitrogen and oxygen atoms in total. The number of hydrogen-bond donors (Lipinski definition) is 0. The Kier molecular flexibility index (Phi) is 4.54. The van der Waals surface area contributed by atoms with Crippen molar-refractivity contribution >= 4 is 11.4 Å². The topological polar surface area (TPSA) is 58.9 Å². The van der Waals surface area contributed by atoms with Gasteiger partial charge in [0, 0.05) is 38.8 Å². The maximum atomic E-state index is 14.1. The Hall–Kier alpha value is -1.73. The zero-order chi connectivity index (χ0) is 15.5. The molecule has 0 saturated carbocycles. The fourth-order valence-corrected chi connectivity index (χ4v) is 3.22. The van der Waals surface area contributed by atoms with Crippen LogP contribution < -0.4 is 4.90 Å². The van der Waals surface area contributed by atoms with E-state index in [-0.39, 0.29) is 5.69 Å². The number of non-ortho nitro benzene ring substituents is 1. The monoisotopic (exact) mass is 309 g/mol. The van der Waals surface area contributed by atoms with Gasteiger partial charge in [0.2, 0.25) is 0 Å². The summed E-state index contributed by atoms with van der Waals surface area (Å²) in [4.78, 5) is 14.5. The van der Waals surface area contributed by atoms with Gasteiger partial charge < -0.3 is 9.64 Å². The fraction of sp³-hybridized carbons (Fsp3) is 0.600. The number of hydrogen-bond acceptors (Lipinski definition) is 5. The van der Waals surface area contributed by atoms with Gasteiger partial charge in [-0.25, -0.2) is 4.39 Å². The smallest absolute Gasteiger partial charge is 0.272 e. The number of morpholine rings is 1. The molecule has 0 bridgehead atoms. The maximum absolute atomic E-state index is 14.1. The van der Waals surface area contributed by atoms with Gasteiger partial charge in [0.25, 0.3) is 5.69 Å². The van der Waals surface area contributed by atoms with Crippen molar-refractivity contribution in [2.75, 3.05) is 50.8 Å². The molecule has 0 radical (unpaired) electrons. The lowest BCUT2D eigenvalue weighted by Gasteiger charge is -2.29. The number of halogens is 1. The largest absolute Gasteiger partial charge is 0.379 e. The van der Waals surface area contributed by atoms with Gasteiger partial charge in [0.15, 0.2) is 5.82 Å². The van der Waals surface area contributed by atoms with Crippen LogP contribution in [-0.4, -0.2) is 55.8 Å². The summed E-state index contributed by atoms with van der Waals surface area (Å²) in [5.74, 6) is -0.00563. The number of nitro benzene ring substituents is 1. The third-order valence-electron chi connectivity index (χ3n) is 4.39. The molecule has 2 saturated heterocycles. The van der Waals surface area contributed by atoms with Crippen LogP contribution in [0.4, 0.5) is 15.8 Å². The highest BCUT2D eigenvalue weighted by Gasteiger charge is 2.27. The number of nitro groups is 1. The molecule has 0 N–H and O–H groups in total. The number of anilines is 1. The lowest BCUT2D eigenvalue weighted by molar-refractivity contribution is -0.385. The third-order valence-corrected chi connectivity index (χ3v) is 4.39. The molecule has 0 spiro atoms. The third kappa shape index (κ3) is 3.36. The zero-order valence-electron chi connectivity index (χ0n) is 12.4. The van der Waals surface area contributed by atoms with E-state index < -0.39 is 10.7 Å². The highest BCUT2D eigenvalue weighted by atomic mass is 19.1. The summed E-state index contributed by atoms with van der Waals surface area (Å²) in [7, 11) is 0. The number of benzene rings is 1. The van der Waals surface area contributed by atoms with Crippen LogP contribution in [0.25, 0.3) is 0 Å². The Morgan fingerprint density at radius 2 is 2.09 bits per heavy atom. The molecule has 3 rings (SSSR count). The van der Waals surface area contributed by atoms with E-state index in [4.69, 9.17) is 4.74 Å². The van der Waals surface area contributed by atoms with Gasteiger partial charge in [0.05, 0.1) is 29.9 Å². The van der Waals surface area contributed by atoms with Crippen molar-refractivity contribution in [1.82, 2.24) is 4.90 Å². The van der Waals surface area contributed by atoms with Gasteiger partial charge in [-0.1, -0.05) is 0 Å². The molecule has 120 valence electrons. The minimum atomic E-state index is -0.571. The van der Waals surface area contributed by atoms with E-state index in [9.17, 15) is 14.5 Å². The van der Waals surface area contributed by atoms with Crippen molar-refractivity contribution in [2.45, 2.75) is 6.42 Å². The molecule has 0 amide bonds. The molecule has 7 heteroatoms. The zero-order valence-corrected chi connectivity index (χ0v) is 12.4. The number of ether oxygens (including phenoxy) is 1. The van der Waals surface area contributed by atoms with E-state index >= 15 is 0 Å². The molecule has 2 aliphatic rings. The molecular formula is C15H20FN3O3. The molecule has 1 aromatic carbocycles. The highest BCUT2D eigenvalue weighted by molar-refractivity contribution is 5.53. The van der Waals surface area contributed by atoms with Gasteiger partial charge in [0.1, 0.15) is 0 Å². The normalized spacial score (nSPS) is 23.0. The van der Waals surface area contributed by atoms with Gasteiger partial charge in [-0.05, 0) is 18.4 Å². The summed E-state index contributed by atoms with van der Waals surface area (Å²) in [6.45, 7) is 6.09. The molecule has 1 atom stereocenters. The van der Waals surface area contributed by atoms with Crippen LogP contribution in [0.3, 0.4) is 0 Å². The lowest BCUT2D eigenvalue weighted by Crippen LogP contribution is -2.39. The van der Waals surface area contributed by atoms with Crippen LogP contribution in [0.1, 0.15) is 6.42 Å². The first-order valence-electron chi connectivity index (χ1n) is 7.62. The summed E-state index contributed by atoms with van der Waals surface area (Å²) < 4.78 is 19.4. The van der Waals surface area contributed by atoms with Gasteiger partial charge >= 0.3 is 0 Å². The molecule has 2 fully saturated rings. The molecule has 0 aromatic heterocycles. The molecule has 2 aliphatic heterocycles. The summed E-state index contributed by atoms with van der Waals surface area (Å²) in [6.07, 6.45) is 1.02. The Labute approximate surface area is 128 Å². The number of rotatable bonds is 4. The van der Waals surface area contributed by atoms with E-state index in [0.29, 0.717) is 11.6 Å². The molecule has 1 aromatic rings.